The van der Waals surface area contributed by atoms with Crippen LogP contribution >= 0.6 is 11.6 Å². The lowest BCUT2D eigenvalue weighted by Crippen LogP contribution is -2.44. The molecule has 0 saturated heterocycles. The number of amides is 2. The third-order valence-electron chi connectivity index (χ3n) is 3.20. The SMILES string of the molecule is O=C(Cn1nc2ccccn2c1=O)NNC(=O)c1ccc(Cl)cc1. The van der Waals surface area contributed by atoms with Gasteiger partial charge in [0.15, 0.2) is 5.65 Å². The van der Waals surface area contributed by atoms with Crippen LogP contribution in [0.15, 0.2) is 53.5 Å². The first kappa shape index (κ1) is 15.8. The Labute approximate surface area is 140 Å². The molecule has 0 unspecified atom stereocenters. The summed E-state index contributed by atoms with van der Waals surface area (Å²) in [6, 6.07) is 11.2. The molecule has 9 heteroatoms. The molecule has 0 aliphatic heterocycles. The van der Waals surface area contributed by atoms with E-state index in [4.69, 9.17) is 11.6 Å². The van der Waals surface area contributed by atoms with Crippen LogP contribution in [0.2, 0.25) is 5.02 Å². The van der Waals surface area contributed by atoms with E-state index < -0.39 is 17.5 Å². The molecule has 2 N–H and O–H groups in total. The van der Waals surface area contributed by atoms with Gasteiger partial charge in [0.25, 0.3) is 11.8 Å². The number of carbonyl (C=O) groups is 2. The number of benzene rings is 1. The molecule has 24 heavy (non-hydrogen) atoms. The Morgan fingerprint density at radius 2 is 1.83 bits per heavy atom. The number of hydrogen-bond donors (Lipinski definition) is 2. The van der Waals surface area contributed by atoms with Gasteiger partial charge in [-0.2, -0.15) is 0 Å². The minimum Gasteiger partial charge on any atom is -0.271 e. The van der Waals surface area contributed by atoms with E-state index in [2.05, 4.69) is 16.0 Å². The van der Waals surface area contributed by atoms with Crippen molar-refractivity contribution in [2.24, 2.45) is 0 Å². The monoisotopic (exact) mass is 345 g/mol. The van der Waals surface area contributed by atoms with E-state index in [9.17, 15) is 14.4 Å². The van der Waals surface area contributed by atoms with E-state index in [-0.39, 0.29) is 6.54 Å². The molecule has 0 fully saturated rings. The largest absolute Gasteiger partial charge is 0.350 e. The molecule has 2 heterocycles. The first-order valence-corrected chi connectivity index (χ1v) is 7.31. The number of rotatable bonds is 3. The van der Waals surface area contributed by atoms with Gasteiger partial charge in [0.2, 0.25) is 0 Å². The van der Waals surface area contributed by atoms with E-state index in [1.165, 1.54) is 16.5 Å². The van der Waals surface area contributed by atoms with Crippen LogP contribution in [0.1, 0.15) is 10.4 Å². The summed E-state index contributed by atoms with van der Waals surface area (Å²) in [5.74, 6) is -1.08. The predicted molar refractivity (Wildman–Crippen MR) is 86.5 cm³/mol. The van der Waals surface area contributed by atoms with Crippen molar-refractivity contribution >= 4 is 29.1 Å². The second kappa shape index (κ2) is 6.55. The summed E-state index contributed by atoms with van der Waals surface area (Å²) < 4.78 is 2.33. The summed E-state index contributed by atoms with van der Waals surface area (Å²) in [5.41, 5.74) is 4.82. The maximum absolute atomic E-state index is 12.0. The van der Waals surface area contributed by atoms with Gasteiger partial charge in [0, 0.05) is 16.8 Å². The van der Waals surface area contributed by atoms with Gasteiger partial charge in [0.05, 0.1) is 0 Å². The zero-order valence-electron chi connectivity index (χ0n) is 12.3. The Kier molecular flexibility index (Phi) is 4.30. The fourth-order valence-corrected chi connectivity index (χ4v) is 2.17. The Balaban J connectivity index is 1.63. The maximum Gasteiger partial charge on any atom is 0.350 e. The summed E-state index contributed by atoms with van der Waals surface area (Å²) in [6.45, 7) is -0.318. The molecule has 8 nitrogen and oxygen atoms in total. The summed E-state index contributed by atoms with van der Waals surface area (Å²) >= 11 is 5.74. The van der Waals surface area contributed by atoms with Crippen LogP contribution < -0.4 is 16.5 Å². The maximum atomic E-state index is 12.0. The highest BCUT2D eigenvalue weighted by molar-refractivity contribution is 6.30. The summed E-state index contributed by atoms with van der Waals surface area (Å²) in [6.07, 6.45) is 1.56. The van der Waals surface area contributed by atoms with E-state index >= 15 is 0 Å². The van der Waals surface area contributed by atoms with Crippen LogP contribution in [-0.4, -0.2) is 26.0 Å². The summed E-state index contributed by atoms with van der Waals surface area (Å²) in [5, 5.41) is 4.53. The molecule has 0 atom stereocenters. The normalized spacial score (nSPS) is 10.5. The first-order chi connectivity index (χ1) is 11.5. The molecule has 3 rings (SSSR count). The zero-order valence-corrected chi connectivity index (χ0v) is 13.0. The van der Waals surface area contributed by atoms with Crippen LogP contribution in [0.25, 0.3) is 5.65 Å². The third kappa shape index (κ3) is 3.28. The van der Waals surface area contributed by atoms with Crippen LogP contribution in [0, 0.1) is 0 Å². The van der Waals surface area contributed by atoms with Crippen LogP contribution in [-0.2, 0) is 11.3 Å². The van der Waals surface area contributed by atoms with Crippen molar-refractivity contribution in [2.45, 2.75) is 6.54 Å². The number of hydrogen-bond acceptors (Lipinski definition) is 4. The van der Waals surface area contributed by atoms with Gasteiger partial charge in [0.1, 0.15) is 6.54 Å². The molecule has 0 aliphatic rings. The lowest BCUT2D eigenvalue weighted by atomic mass is 10.2. The van der Waals surface area contributed by atoms with Gasteiger partial charge in [-0.05, 0) is 36.4 Å². The van der Waals surface area contributed by atoms with Gasteiger partial charge in [-0.1, -0.05) is 17.7 Å². The Hall–Kier alpha value is -3.13. The molecule has 0 bridgehead atoms. The number of pyridine rings is 1. The van der Waals surface area contributed by atoms with Crippen molar-refractivity contribution in [3.63, 3.8) is 0 Å². The highest BCUT2D eigenvalue weighted by Gasteiger charge is 2.11. The minimum atomic E-state index is -0.581. The van der Waals surface area contributed by atoms with Gasteiger partial charge in [-0.3, -0.25) is 24.8 Å². The molecule has 0 aliphatic carbocycles. The van der Waals surface area contributed by atoms with Crippen LogP contribution in [0.4, 0.5) is 0 Å². The highest BCUT2D eigenvalue weighted by atomic mass is 35.5. The van der Waals surface area contributed by atoms with Gasteiger partial charge in [-0.25, -0.2) is 9.48 Å². The highest BCUT2D eigenvalue weighted by Crippen LogP contribution is 2.08. The van der Waals surface area contributed by atoms with Crippen molar-refractivity contribution in [2.75, 3.05) is 0 Å². The van der Waals surface area contributed by atoms with Gasteiger partial charge < -0.3 is 0 Å². The first-order valence-electron chi connectivity index (χ1n) is 6.93. The Morgan fingerprint density at radius 1 is 1.08 bits per heavy atom. The van der Waals surface area contributed by atoms with E-state index in [1.54, 1.807) is 36.5 Å². The molecule has 0 saturated carbocycles. The fraction of sp³-hybridized carbons (Fsp3) is 0.0667. The van der Waals surface area contributed by atoms with Gasteiger partial charge in [-0.15, -0.1) is 5.10 Å². The number of fused-ring (bicyclic) bond motifs is 1. The number of nitrogens with zero attached hydrogens (tertiary/aromatic N) is 3. The number of nitrogens with one attached hydrogen (secondary N) is 2. The lowest BCUT2D eigenvalue weighted by molar-refractivity contribution is -0.122. The van der Waals surface area contributed by atoms with Crippen LogP contribution in [0.5, 0.6) is 0 Å². The summed E-state index contributed by atoms with van der Waals surface area (Å²) in [4.78, 5) is 35.8. The molecule has 2 aromatic heterocycles. The van der Waals surface area contributed by atoms with Crippen molar-refractivity contribution in [1.29, 1.82) is 0 Å². The number of aromatic nitrogens is 3. The zero-order chi connectivity index (χ0) is 17.1. The minimum absolute atomic E-state index is 0.318. The van der Waals surface area contributed by atoms with E-state index in [0.717, 1.165) is 4.68 Å². The quantitative estimate of drug-likeness (QED) is 0.680. The molecule has 2 amide bonds. The molecule has 3 aromatic rings. The number of halogens is 1. The van der Waals surface area contributed by atoms with Crippen molar-refractivity contribution in [3.05, 3.63) is 69.7 Å². The molecule has 0 radical (unpaired) electrons. The molecule has 122 valence electrons. The van der Waals surface area contributed by atoms with Crippen molar-refractivity contribution in [3.8, 4) is 0 Å². The van der Waals surface area contributed by atoms with E-state index in [0.29, 0.717) is 16.2 Å². The Morgan fingerprint density at radius 3 is 2.54 bits per heavy atom. The third-order valence-corrected chi connectivity index (χ3v) is 3.46. The van der Waals surface area contributed by atoms with Crippen LogP contribution in [0.3, 0.4) is 0 Å². The Bertz CT molecular complexity index is 961. The molecule has 0 spiro atoms. The summed E-state index contributed by atoms with van der Waals surface area (Å²) in [7, 11) is 0. The average molecular weight is 346 g/mol. The molecular weight excluding hydrogens is 334 g/mol. The molecular formula is C15H12ClN5O3. The predicted octanol–water partition coefficient (Wildman–Crippen LogP) is 0.611. The molecule has 1 aromatic carbocycles. The van der Waals surface area contributed by atoms with Crippen molar-refractivity contribution in [1.82, 2.24) is 25.0 Å². The second-order valence-electron chi connectivity index (χ2n) is 4.88. The lowest BCUT2D eigenvalue weighted by Gasteiger charge is -2.07. The standard InChI is InChI=1S/C15H12ClN5O3/c16-11-6-4-10(5-7-11)14(23)18-17-13(22)9-21-15(24)20-8-2-1-3-12(20)19-21/h1-8H,9H2,(H,17,22)(H,18,23). The number of carbonyl (C=O) groups excluding carboxylic acids is 2. The topological polar surface area (TPSA) is 97.5 Å². The van der Waals surface area contributed by atoms with E-state index in [1.807, 2.05) is 0 Å². The smallest absolute Gasteiger partial charge is 0.271 e. The van der Waals surface area contributed by atoms with Gasteiger partial charge >= 0.3 is 5.69 Å². The number of hydrazine groups is 1. The van der Waals surface area contributed by atoms with Crippen molar-refractivity contribution < 1.29 is 9.59 Å². The fourth-order valence-electron chi connectivity index (χ4n) is 2.05. The average Bonchev–Trinajstić information content (AvgIpc) is 2.89. The second-order valence-corrected chi connectivity index (χ2v) is 5.31.